The molecule has 0 unspecified atom stereocenters. The van der Waals surface area contributed by atoms with Gasteiger partial charge in [-0.25, -0.2) is 0 Å². The van der Waals surface area contributed by atoms with E-state index in [-0.39, 0.29) is 15.8 Å². The molecule has 208 valence electrons. The summed E-state index contributed by atoms with van der Waals surface area (Å²) in [6, 6.07) is 11.9. The van der Waals surface area contributed by atoms with Crippen molar-refractivity contribution in [3.05, 3.63) is 54.1 Å². The van der Waals surface area contributed by atoms with E-state index in [1.807, 2.05) is 5.57 Å². The fourth-order valence-corrected chi connectivity index (χ4v) is 21.4. The van der Waals surface area contributed by atoms with E-state index in [2.05, 4.69) is 48.6 Å². The van der Waals surface area contributed by atoms with Crippen LogP contribution < -0.4 is 0 Å². The molecule has 0 saturated heterocycles. The quantitative estimate of drug-likeness (QED) is 0.297. The standard InChI is InChI=1S/C36H54P2/c1-6-18-30(19-7-1)35-28-16-17-29-36(35,37(31-20-8-2-9-21-31)32-22-10-3-11-23-32)38(33-24-12-4-13-25-33)34-26-14-5-15-27-34/h1,6-7,16-19,28,31-34H,2-5,8-15,20-27,29H2. The molecule has 0 aromatic heterocycles. The molecule has 0 heterocycles. The van der Waals surface area contributed by atoms with Crippen LogP contribution in [0.15, 0.2) is 48.6 Å². The third-order valence-electron chi connectivity index (χ3n) is 11.0. The first kappa shape index (κ1) is 27.7. The van der Waals surface area contributed by atoms with Crippen LogP contribution >= 0.6 is 15.8 Å². The van der Waals surface area contributed by atoms with Crippen LogP contribution in [0.1, 0.15) is 140 Å². The van der Waals surface area contributed by atoms with E-state index in [1.54, 1.807) is 56.9 Å². The summed E-state index contributed by atoms with van der Waals surface area (Å²) in [4.78, 5) is 0.467. The van der Waals surface area contributed by atoms with Crippen molar-refractivity contribution in [1.29, 1.82) is 0 Å². The molecule has 0 radical (unpaired) electrons. The van der Waals surface area contributed by atoms with Crippen molar-refractivity contribution in [2.45, 2.75) is 162 Å². The van der Waals surface area contributed by atoms with Gasteiger partial charge in [0.05, 0.1) is 0 Å². The molecule has 0 nitrogen and oxygen atoms in total. The lowest BCUT2D eigenvalue weighted by molar-refractivity contribution is 0.472. The van der Waals surface area contributed by atoms with Gasteiger partial charge in [0.2, 0.25) is 0 Å². The maximum absolute atomic E-state index is 2.69. The molecule has 1 aromatic rings. The minimum Gasteiger partial charge on any atom is -0.0844 e. The molecular weight excluding hydrogens is 494 g/mol. The summed E-state index contributed by atoms with van der Waals surface area (Å²) >= 11 is 0. The van der Waals surface area contributed by atoms with Gasteiger partial charge in [0.25, 0.3) is 0 Å². The van der Waals surface area contributed by atoms with E-state index in [4.69, 9.17) is 0 Å². The number of benzene rings is 1. The summed E-state index contributed by atoms with van der Waals surface area (Å²) in [5.41, 5.74) is 7.53. The molecule has 0 spiro atoms. The normalized spacial score (nSPS) is 26.6. The second kappa shape index (κ2) is 13.5. The highest BCUT2D eigenvalue weighted by atomic mass is 31.2. The minimum absolute atomic E-state index is 0.0421. The Balaban J connectivity index is 1.54. The van der Waals surface area contributed by atoms with E-state index in [0.29, 0.717) is 4.90 Å². The van der Waals surface area contributed by atoms with E-state index < -0.39 is 0 Å². The Morgan fingerprint density at radius 2 is 0.895 bits per heavy atom. The molecule has 4 fully saturated rings. The number of hydrogen-bond acceptors (Lipinski definition) is 0. The SMILES string of the molecule is C1=CCC(P(C2CCCCC2)C2CCCCC2)(P(C2CCCCC2)C2CCCCC2)C(c2ccccc2)=C1. The minimum atomic E-state index is -0.0421. The lowest BCUT2D eigenvalue weighted by Gasteiger charge is -2.60. The Hall–Kier alpha value is -0.440. The molecule has 2 heteroatoms. The average Bonchev–Trinajstić information content (AvgIpc) is 3.00. The Labute approximate surface area is 237 Å². The first-order valence-corrected chi connectivity index (χ1v) is 19.8. The van der Waals surface area contributed by atoms with Gasteiger partial charge in [-0.05, 0) is 91.6 Å². The summed E-state index contributed by atoms with van der Waals surface area (Å²) < 4.78 is 0. The zero-order chi connectivity index (χ0) is 25.6. The van der Waals surface area contributed by atoms with E-state index in [1.165, 1.54) is 83.5 Å². The Bertz CT molecular complexity index is 832. The van der Waals surface area contributed by atoms with Gasteiger partial charge >= 0.3 is 0 Å². The molecule has 4 saturated carbocycles. The molecule has 5 aliphatic carbocycles. The molecule has 6 rings (SSSR count). The fourth-order valence-electron chi connectivity index (χ4n) is 9.45. The van der Waals surface area contributed by atoms with Crippen LogP contribution in [0.5, 0.6) is 0 Å². The fraction of sp³-hybridized carbons (Fsp3) is 0.722. The molecule has 0 bridgehead atoms. The number of rotatable bonds is 7. The summed E-state index contributed by atoms with van der Waals surface area (Å²) in [6.45, 7) is 0. The number of hydrogen-bond donors (Lipinski definition) is 0. The molecular formula is C36H54P2. The summed E-state index contributed by atoms with van der Waals surface area (Å²) in [6.07, 6.45) is 39.7. The predicted octanol–water partition coefficient (Wildman–Crippen LogP) is 12.0. The second-order valence-electron chi connectivity index (χ2n) is 13.4. The van der Waals surface area contributed by atoms with E-state index in [0.717, 1.165) is 22.6 Å². The van der Waals surface area contributed by atoms with Crippen LogP contribution in [0, 0.1) is 0 Å². The van der Waals surface area contributed by atoms with Crippen molar-refractivity contribution in [1.82, 2.24) is 0 Å². The van der Waals surface area contributed by atoms with Gasteiger partial charge in [0.15, 0.2) is 0 Å². The van der Waals surface area contributed by atoms with Crippen LogP contribution in [0.25, 0.3) is 5.57 Å². The van der Waals surface area contributed by atoms with Crippen molar-refractivity contribution in [3.8, 4) is 0 Å². The third-order valence-corrected chi connectivity index (χ3v) is 20.2. The number of allylic oxidation sites excluding steroid dienone is 4. The van der Waals surface area contributed by atoms with Crippen molar-refractivity contribution < 1.29 is 0 Å². The molecule has 5 aliphatic rings. The maximum Gasteiger partial charge on any atom is 0.0401 e. The summed E-state index contributed by atoms with van der Waals surface area (Å²) in [5, 5.41) is 0. The second-order valence-corrected chi connectivity index (χ2v) is 19.8. The van der Waals surface area contributed by atoms with Crippen LogP contribution in [-0.2, 0) is 0 Å². The molecule has 1 aromatic carbocycles. The van der Waals surface area contributed by atoms with E-state index >= 15 is 0 Å². The molecule has 0 atom stereocenters. The Morgan fingerprint density at radius 1 is 0.500 bits per heavy atom. The van der Waals surface area contributed by atoms with Gasteiger partial charge in [-0.15, -0.1) is 0 Å². The zero-order valence-electron chi connectivity index (χ0n) is 24.2. The van der Waals surface area contributed by atoms with E-state index in [9.17, 15) is 0 Å². The van der Waals surface area contributed by atoms with Gasteiger partial charge in [-0.2, -0.15) is 0 Å². The molecule has 0 amide bonds. The van der Waals surface area contributed by atoms with Crippen LogP contribution in [0.3, 0.4) is 0 Å². The summed E-state index contributed by atoms with van der Waals surface area (Å²) in [5.74, 6) is 0. The average molecular weight is 549 g/mol. The van der Waals surface area contributed by atoms with Gasteiger partial charge in [0.1, 0.15) is 0 Å². The van der Waals surface area contributed by atoms with Crippen molar-refractivity contribution in [3.63, 3.8) is 0 Å². The van der Waals surface area contributed by atoms with Gasteiger partial charge < -0.3 is 0 Å². The lowest BCUT2D eigenvalue weighted by Crippen LogP contribution is -2.42. The zero-order valence-corrected chi connectivity index (χ0v) is 26.0. The van der Waals surface area contributed by atoms with Crippen molar-refractivity contribution >= 4 is 21.4 Å². The molecule has 38 heavy (non-hydrogen) atoms. The van der Waals surface area contributed by atoms with Crippen LogP contribution in [-0.4, -0.2) is 27.5 Å². The highest BCUT2D eigenvalue weighted by Gasteiger charge is 2.56. The Kier molecular flexibility index (Phi) is 9.83. The monoisotopic (exact) mass is 548 g/mol. The maximum atomic E-state index is 2.69. The van der Waals surface area contributed by atoms with Gasteiger partial charge in [0, 0.05) is 4.90 Å². The lowest BCUT2D eigenvalue weighted by atomic mass is 9.95. The van der Waals surface area contributed by atoms with Crippen LogP contribution in [0.4, 0.5) is 0 Å². The topological polar surface area (TPSA) is 0 Å². The largest absolute Gasteiger partial charge is 0.0844 e. The van der Waals surface area contributed by atoms with Crippen molar-refractivity contribution in [2.24, 2.45) is 0 Å². The molecule has 0 aliphatic heterocycles. The highest BCUT2D eigenvalue weighted by molar-refractivity contribution is 7.79. The first-order chi connectivity index (χ1) is 18.9. The Morgan fingerprint density at radius 3 is 1.29 bits per heavy atom. The van der Waals surface area contributed by atoms with Crippen LogP contribution in [0.2, 0.25) is 0 Å². The van der Waals surface area contributed by atoms with Gasteiger partial charge in [-0.3, -0.25) is 0 Å². The predicted molar refractivity (Wildman–Crippen MR) is 172 cm³/mol. The first-order valence-electron chi connectivity index (χ1n) is 16.9. The van der Waals surface area contributed by atoms with Gasteiger partial charge in [-0.1, -0.05) is 141 Å². The highest BCUT2D eigenvalue weighted by Crippen LogP contribution is 2.83. The molecule has 0 N–H and O–H groups in total. The van der Waals surface area contributed by atoms with Crippen molar-refractivity contribution in [2.75, 3.05) is 0 Å². The summed E-state index contributed by atoms with van der Waals surface area (Å²) in [7, 11) is -0.0841. The third kappa shape index (κ3) is 5.80. The smallest absolute Gasteiger partial charge is 0.0401 e.